The molecule has 0 heterocycles. The number of hydrogen-bond donors (Lipinski definition) is 2. The number of hydrazine groups is 1. The summed E-state index contributed by atoms with van der Waals surface area (Å²) in [6.45, 7) is 0. The first-order chi connectivity index (χ1) is 9.90. The molecular weight excluding hydrogens is 308 g/mol. The first kappa shape index (κ1) is 16.0. The lowest BCUT2D eigenvalue weighted by atomic mass is 9.99. The van der Waals surface area contributed by atoms with Gasteiger partial charge in [-0.25, -0.2) is 8.42 Å². The molecule has 0 amide bonds. The summed E-state index contributed by atoms with van der Waals surface area (Å²) >= 11 is 5.86. The molecule has 0 saturated heterocycles. The van der Waals surface area contributed by atoms with Crippen LogP contribution >= 0.6 is 11.6 Å². The van der Waals surface area contributed by atoms with Crippen LogP contribution in [0.4, 0.5) is 0 Å². The highest BCUT2D eigenvalue weighted by Gasteiger charge is 2.14. The third kappa shape index (κ3) is 4.28. The van der Waals surface area contributed by atoms with E-state index in [-0.39, 0.29) is 10.9 Å². The van der Waals surface area contributed by atoms with Gasteiger partial charge in [-0.15, -0.1) is 0 Å². The number of rotatable bonds is 5. The van der Waals surface area contributed by atoms with Crippen molar-refractivity contribution in [3.05, 3.63) is 64.7 Å². The lowest BCUT2D eigenvalue weighted by molar-refractivity contribution is 0.550. The molecule has 0 aliphatic heterocycles. The van der Waals surface area contributed by atoms with Crippen molar-refractivity contribution in [2.75, 3.05) is 6.26 Å². The Morgan fingerprint density at radius 2 is 1.86 bits per heavy atom. The van der Waals surface area contributed by atoms with E-state index in [2.05, 4.69) is 5.43 Å². The van der Waals surface area contributed by atoms with E-state index in [1.165, 1.54) is 6.26 Å². The standard InChI is InChI=1S/C15H17ClN2O2S/c1-21(19,20)14-4-2-3-12(10-14)15(18-17)9-11-5-7-13(16)8-6-11/h2-8,10,15,18H,9,17H2,1H3. The zero-order valence-electron chi connectivity index (χ0n) is 11.6. The van der Waals surface area contributed by atoms with Crippen LogP contribution in [0, 0.1) is 0 Å². The number of nitrogens with one attached hydrogen (secondary N) is 1. The smallest absolute Gasteiger partial charge is 0.175 e. The average Bonchev–Trinajstić information content (AvgIpc) is 2.46. The predicted octanol–water partition coefficient (Wildman–Crippen LogP) is 2.49. The molecule has 0 aromatic heterocycles. The number of hydrogen-bond acceptors (Lipinski definition) is 4. The molecule has 0 spiro atoms. The lowest BCUT2D eigenvalue weighted by Crippen LogP contribution is -2.29. The normalized spacial score (nSPS) is 13.1. The summed E-state index contributed by atoms with van der Waals surface area (Å²) in [7, 11) is -3.23. The molecule has 112 valence electrons. The Morgan fingerprint density at radius 3 is 2.43 bits per heavy atom. The topological polar surface area (TPSA) is 72.2 Å². The van der Waals surface area contributed by atoms with Gasteiger partial charge >= 0.3 is 0 Å². The Morgan fingerprint density at radius 1 is 1.19 bits per heavy atom. The summed E-state index contributed by atoms with van der Waals surface area (Å²) in [5.74, 6) is 5.62. The van der Waals surface area contributed by atoms with Gasteiger partial charge in [0.2, 0.25) is 0 Å². The molecule has 0 saturated carbocycles. The minimum atomic E-state index is -3.23. The first-order valence-corrected chi connectivity index (χ1v) is 8.67. The fourth-order valence-electron chi connectivity index (χ4n) is 2.09. The Kier molecular flexibility index (Phi) is 5.00. The molecule has 0 aliphatic carbocycles. The molecule has 3 N–H and O–H groups in total. The number of sulfone groups is 1. The number of benzene rings is 2. The average molecular weight is 325 g/mol. The van der Waals surface area contributed by atoms with Crippen LogP contribution in [0.25, 0.3) is 0 Å². The maximum Gasteiger partial charge on any atom is 0.175 e. The number of nitrogens with two attached hydrogens (primary N) is 1. The fourth-order valence-corrected chi connectivity index (χ4v) is 2.89. The highest BCUT2D eigenvalue weighted by molar-refractivity contribution is 7.90. The van der Waals surface area contributed by atoms with E-state index in [4.69, 9.17) is 17.4 Å². The first-order valence-electron chi connectivity index (χ1n) is 6.41. The fraction of sp³-hybridized carbons (Fsp3) is 0.200. The number of halogens is 1. The van der Waals surface area contributed by atoms with E-state index in [1.807, 2.05) is 30.3 Å². The highest BCUT2D eigenvalue weighted by Crippen LogP contribution is 2.21. The van der Waals surface area contributed by atoms with Gasteiger partial charge < -0.3 is 0 Å². The van der Waals surface area contributed by atoms with Crippen LogP contribution in [-0.2, 0) is 16.3 Å². The van der Waals surface area contributed by atoms with E-state index < -0.39 is 9.84 Å². The zero-order chi connectivity index (χ0) is 15.5. The van der Waals surface area contributed by atoms with Crippen LogP contribution in [0.1, 0.15) is 17.2 Å². The second-order valence-electron chi connectivity index (χ2n) is 4.89. The van der Waals surface area contributed by atoms with Crippen molar-refractivity contribution in [2.24, 2.45) is 5.84 Å². The molecule has 2 rings (SSSR count). The summed E-state index contributed by atoms with van der Waals surface area (Å²) in [6, 6.07) is 14.1. The van der Waals surface area contributed by atoms with Crippen molar-refractivity contribution >= 4 is 21.4 Å². The van der Waals surface area contributed by atoms with Crippen molar-refractivity contribution in [1.82, 2.24) is 5.43 Å². The lowest BCUT2D eigenvalue weighted by Gasteiger charge is -2.17. The molecule has 2 aromatic carbocycles. The summed E-state index contributed by atoms with van der Waals surface area (Å²) in [6.07, 6.45) is 1.83. The zero-order valence-corrected chi connectivity index (χ0v) is 13.2. The molecule has 0 aliphatic rings. The van der Waals surface area contributed by atoms with E-state index >= 15 is 0 Å². The van der Waals surface area contributed by atoms with Gasteiger partial charge in [-0.05, 0) is 41.8 Å². The van der Waals surface area contributed by atoms with Gasteiger partial charge in [0.15, 0.2) is 9.84 Å². The second kappa shape index (κ2) is 6.58. The van der Waals surface area contributed by atoms with Crippen molar-refractivity contribution in [2.45, 2.75) is 17.4 Å². The third-order valence-corrected chi connectivity index (χ3v) is 4.61. The van der Waals surface area contributed by atoms with Gasteiger partial charge in [0, 0.05) is 11.3 Å². The van der Waals surface area contributed by atoms with Gasteiger partial charge in [0.25, 0.3) is 0 Å². The summed E-state index contributed by atoms with van der Waals surface area (Å²) in [5, 5.41) is 0.676. The summed E-state index contributed by atoms with van der Waals surface area (Å²) in [5.41, 5.74) is 4.62. The van der Waals surface area contributed by atoms with Gasteiger partial charge in [-0.2, -0.15) is 0 Å². The van der Waals surface area contributed by atoms with Gasteiger partial charge in [0.1, 0.15) is 0 Å². The van der Waals surface area contributed by atoms with E-state index in [0.717, 1.165) is 11.1 Å². The van der Waals surface area contributed by atoms with Crippen molar-refractivity contribution in [1.29, 1.82) is 0 Å². The van der Waals surface area contributed by atoms with Crippen LogP contribution in [0.3, 0.4) is 0 Å². The second-order valence-corrected chi connectivity index (χ2v) is 7.35. The Hall–Kier alpha value is -1.40. The monoisotopic (exact) mass is 324 g/mol. The van der Waals surface area contributed by atoms with Crippen molar-refractivity contribution in [3.63, 3.8) is 0 Å². The van der Waals surface area contributed by atoms with Gasteiger partial charge in [-0.1, -0.05) is 35.9 Å². The molecule has 0 radical (unpaired) electrons. The molecule has 21 heavy (non-hydrogen) atoms. The minimum absolute atomic E-state index is 0.173. The van der Waals surface area contributed by atoms with Gasteiger partial charge in [-0.3, -0.25) is 11.3 Å². The summed E-state index contributed by atoms with van der Waals surface area (Å²) < 4.78 is 23.3. The Bertz CT molecular complexity index is 715. The predicted molar refractivity (Wildman–Crippen MR) is 84.8 cm³/mol. The molecule has 1 unspecified atom stereocenters. The van der Waals surface area contributed by atoms with Crippen LogP contribution in [-0.4, -0.2) is 14.7 Å². The Balaban J connectivity index is 2.27. The highest BCUT2D eigenvalue weighted by atomic mass is 35.5. The largest absolute Gasteiger partial charge is 0.271 e. The molecule has 2 aromatic rings. The van der Waals surface area contributed by atoms with E-state index in [0.29, 0.717) is 11.4 Å². The maximum absolute atomic E-state index is 11.6. The Labute approximate surface area is 129 Å². The van der Waals surface area contributed by atoms with Crippen LogP contribution in [0.2, 0.25) is 5.02 Å². The third-order valence-electron chi connectivity index (χ3n) is 3.24. The van der Waals surface area contributed by atoms with Crippen molar-refractivity contribution in [3.8, 4) is 0 Å². The molecule has 1 atom stereocenters. The van der Waals surface area contributed by atoms with E-state index in [9.17, 15) is 8.42 Å². The van der Waals surface area contributed by atoms with E-state index in [1.54, 1.807) is 18.2 Å². The van der Waals surface area contributed by atoms with Crippen LogP contribution < -0.4 is 11.3 Å². The minimum Gasteiger partial charge on any atom is -0.271 e. The van der Waals surface area contributed by atoms with Crippen LogP contribution in [0.5, 0.6) is 0 Å². The van der Waals surface area contributed by atoms with Gasteiger partial charge in [0.05, 0.1) is 10.9 Å². The molecule has 4 nitrogen and oxygen atoms in total. The van der Waals surface area contributed by atoms with Crippen LogP contribution in [0.15, 0.2) is 53.4 Å². The summed E-state index contributed by atoms with van der Waals surface area (Å²) in [4.78, 5) is 0.288. The maximum atomic E-state index is 11.6. The SMILES string of the molecule is CS(=O)(=O)c1cccc(C(Cc2ccc(Cl)cc2)NN)c1. The quantitative estimate of drug-likeness (QED) is 0.654. The molecule has 6 heteroatoms. The molecular formula is C15H17ClN2O2S. The van der Waals surface area contributed by atoms with Crippen molar-refractivity contribution < 1.29 is 8.42 Å². The molecule has 0 bridgehead atoms. The molecule has 0 fully saturated rings.